The highest BCUT2D eigenvalue weighted by molar-refractivity contribution is 14.1. The van der Waals surface area contributed by atoms with Gasteiger partial charge in [0.25, 0.3) is 0 Å². The Morgan fingerprint density at radius 2 is 0.938 bits per heavy atom. The molecule has 0 heterocycles. The smallest absolute Gasteiger partial charge is 0.0308 e. The summed E-state index contributed by atoms with van der Waals surface area (Å²) in [7, 11) is 0. The molecular weight excluding hydrogens is 558 g/mol. The summed E-state index contributed by atoms with van der Waals surface area (Å²) in [5.41, 5.74) is 0. The van der Waals surface area contributed by atoms with E-state index in [0.717, 1.165) is 0 Å². The summed E-state index contributed by atoms with van der Waals surface area (Å²) in [6.07, 6.45) is 0. The predicted molar refractivity (Wildman–Crippen MR) is 93.7 cm³/mol. The van der Waals surface area contributed by atoms with Crippen LogP contribution in [0, 0.1) is 7.14 Å². The Balaban J connectivity index is 0.000000160. The third kappa shape index (κ3) is 5.46. The largest absolute Gasteiger partial charge is 0.0611 e. The lowest BCUT2D eigenvalue weighted by Crippen LogP contribution is -1.68. The van der Waals surface area contributed by atoms with Crippen molar-refractivity contribution in [3.63, 3.8) is 0 Å². The first-order chi connectivity index (χ1) is 7.61. The average molecular weight is 566 g/mol. The molecule has 0 radical (unpaired) electrons. The minimum atomic E-state index is 1.17. The van der Waals surface area contributed by atoms with Crippen molar-refractivity contribution in [1.29, 1.82) is 0 Å². The van der Waals surface area contributed by atoms with Gasteiger partial charge in [0.1, 0.15) is 0 Å². The number of benzene rings is 2. The number of halogens is 4. The molecule has 0 nitrogen and oxygen atoms in total. The van der Waals surface area contributed by atoms with Crippen molar-refractivity contribution in [3.05, 3.63) is 64.6 Å². The van der Waals surface area contributed by atoms with Crippen molar-refractivity contribution in [3.8, 4) is 0 Å². The van der Waals surface area contributed by atoms with Gasteiger partial charge in [0.15, 0.2) is 0 Å². The minimum absolute atomic E-state index is 1.17. The standard InChI is InChI=1S/2C6H4BrI/c2*7-5-3-1-2-4-6(5)8/h2*1-4H. The summed E-state index contributed by atoms with van der Waals surface area (Å²) in [4.78, 5) is 0. The van der Waals surface area contributed by atoms with Crippen molar-refractivity contribution in [1.82, 2.24) is 0 Å². The van der Waals surface area contributed by atoms with Gasteiger partial charge >= 0.3 is 0 Å². The summed E-state index contributed by atoms with van der Waals surface area (Å²) in [6.45, 7) is 0. The Bertz CT molecular complexity index is 373. The first-order valence-corrected chi connectivity index (χ1v) is 8.15. The molecule has 0 aliphatic carbocycles. The zero-order valence-corrected chi connectivity index (χ0v) is 15.6. The van der Waals surface area contributed by atoms with Gasteiger partial charge in [0, 0.05) is 16.1 Å². The third-order valence-corrected chi connectivity index (χ3v) is 6.40. The van der Waals surface area contributed by atoms with Crippen LogP contribution in [0.1, 0.15) is 0 Å². The zero-order valence-electron chi connectivity index (χ0n) is 8.13. The lowest BCUT2D eigenvalue weighted by Gasteiger charge is -1.89. The molecule has 0 atom stereocenters. The van der Waals surface area contributed by atoms with Crippen LogP contribution in [0.3, 0.4) is 0 Å². The molecule has 0 N–H and O–H groups in total. The fraction of sp³-hybridized carbons (Fsp3) is 0. The van der Waals surface area contributed by atoms with E-state index in [4.69, 9.17) is 0 Å². The van der Waals surface area contributed by atoms with Gasteiger partial charge in [-0.05, 0) is 101 Å². The molecule has 0 saturated carbocycles. The fourth-order valence-electron chi connectivity index (χ4n) is 0.879. The van der Waals surface area contributed by atoms with Crippen molar-refractivity contribution < 1.29 is 0 Å². The minimum Gasteiger partial charge on any atom is -0.0611 e. The third-order valence-electron chi connectivity index (χ3n) is 1.65. The highest BCUT2D eigenvalue weighted by atomic mass is 127. The van der Waals surface area contributed by atoms with Crippen molar-refractivity contribution in [2.75, 3.05) is 0 Å². The molecule has 4 heteroatoms. The zero-order chi connectivity index (χ0) is 12.0. The van der Waals surface area contributed by atoms with Crippen LogP contribution >= 0.6 is 77.0 Å². The second-order valence-electron chi connectivity index (χ2n) is 2.83. The van der Waals surface area contributed by atoms with Crippen LogP contribution in [0.25, 0.3) is 0 Å². The molecule has 84 valence electrons. The highest BCUT2D eigenvalue weighted by Crippen LogP contribution is 2.17. The molecule has 0 fully saturated rings. The first-order valence-electron chi connectivity index (χ1n) is 4.41. The number of rotatable bonds is 0. The summed E-state index contributed by atoms with van der Waals surface area (Å²) in [5.74, 6) is 0. The Hall–Kier alpha value is 0.860. The molecule has 0 saturated heterocycles. The maximum absolute atomic E-state index is 3.39. The van der Waals surface area contributed by atoms with E-state index in [0.29, 0.717) is 0 Å². The van der Waals surface area contributed by atoms with E-state index in [9.17, 15) is 0 Å². The number of hydrogen-bond acceptors (Lipinski definition) is 0. The summed E-state index contributed by atoms with van der Waals surface area (Å²) in [6, 6.07) is 16.2. The topological polar surface area (TPSA) is 0 Å². The van der Waals surface area contributed by atoms with Crippen LogP contribution in [-0.2, 0) is 0 Å². The Morgan fingerprint density at radius 3 is 1.12 bits per heavy atom. The highest BCUT2D eigenvalue weighted by Gasteiger charge is 1.88. The SMILES string of the molecule is Brc1ccccc1I.Brc1ccccc1I. The van der Waals surface area contributed by atoms with E-state index in [1.165, 1.54) is 16.1 Å². The Morgan fingerprint density at radius 1 is 0.625 bits per heavy atom. The van der Waals surface area contributed by atoms with Gasteiger partial charge in [-0.3, -0.25) is 0 Å². The van der Waals surface area contributed by atoms with Gasteiger partial charge in [0.2, 0.25) is 0 Å². The van der Waals surface area contributed by atoms with Gasteiger partial charge in [-0.2, -0.15) is 0 Å². The normalized spacial score (nSPS) is 9.25. The number of hydrogen-bond donors (Lipinski definition) is 0. The molecule has 16 heavy (non-hydrogen) atoms. The van der Waals surface area contributed by atoms with Gasteiger partial charge in [-0.15, -0.1) is 0 Å². The van der Waals surface area contributed by atoms with E-state index in [2.05, 4.69) is 89.2 Å². The van der Waals surface area contributed by atoms with Crippen molar-refractivity contribution in [2.24, 2.45) is 0 Å². The van der Waals surface area contributed by atoms with Crippen molar-refractivity contribution >= 4 is 77.0 Å². The maximum Gasteiger partial charge on any atom is 0.0308 e. The molecule has 0 aliphatic heterocycles. The van der Waals surface area contributed by atoms with Crippen LogP contribution in [0.2, 0.25) is 0 Å². The van der Waals surface area contributed by atoms with E-state index in [-0.39, 0.29) is 0 Å². The molecule has 0 aliphatic rings. The molecule has 2 rings (SSSR count). The second-order valence-corrected chi connectivity index (χ2v) is 6.86. The van der Waals surface area contributed by atoms with Crippen LogP contribution in [0.5, 0.6) is 0 Å². The lowest BCUT2D eigenvalue weighted by atomic mass is 10.4. The van der Waals surface area contributed by atoms with Gasteiger partial charge in [-0.25, -0.2) is 0 Å². The molecule has 2 aromatic carbocycles. The van der Waals surface area contributed by atoms with E-state index < -0.39 is 0 Å². The molecular formula is C12H8Br2I2. The van der Waals surface area contributed by atoms with Crippen LogP contribution < -0.4 is 0 Å². The van der Waals surface area contributed by atoms with E-state index in [1.807, 2.05) is 36.4 Å². The monoisotopic (exact) mass is 564 g/mol. The second kappa shape index (κ2) is 8.05. The van der Waals surface area contributed by atoms with Gasteiger partial charge in [0.05, 0.1) is 0 Å². The van der Waals surface area contributed by atoms with E-state index >= 15 is 0 Å². The quantitative estimate of drug-likeness (QED) is 0.338. The summed E-state index contributed by atoms with van der Waals surface area (Å²) >= 11 is 11.3. The van der Waals surface area contributed by atoms with Crippen LogP contribution in [-0.4, -0.2) is 0 Å². The average Bonchev–Trinajstić information content (AvgIpc) is 2.28. The fourth-order valence-corrected chi connectivity index (χ4v) is 2.22. The lowest BCUT2D eigenvalue weighted by molar-refractivity contribution is 1.59. The first kappa shape index (κ1) is 14.9. The predicted octanol–water partition coefficient (Wildman–Crippen LogP) is 6.11. The molecule has 0 aromatic heterocycles. The molecule has 0 spiro atoms. The van der Waals surface area contributed by atoms with Gasteiger partial charge in [-0.1, -0.05) is 24.3 Å². The van der Waals surface area contributed by atoms with Crippen molar-refractivity contribution in [2.45, 2.75) is 0 Å². The Labute approximate surface area is 140 Å². The molecule has 0 unspecified atom stereocenters. The van der Waals surface area contributed by atoms with Crippen LogP contribution in [0.15, 0.2) is 57.5 Å². The molecule has 0 bridgehead atoms. The molecule has 0 amide bonds. The van der Waals surface area contributed by atoms with Gasteiger partial charge < -0.3 is 0 Å². The Kier molecular flexibility index (Phi) is 7.50. The van der Waals surface area contributed by atoms with E-state index in [1.54, 1.807) is 0 Å². The summed E-state index contributed by atoms with van der Waals surface area (Å²) < 4.78 is 4.84. The maximum atomic E-state index is 3.39. The summed E-state index contributed by atoms with van der Waals surface area (Å²) in [5, 5.41) is 0. The molecule has 2 aromatic rings. The van der Waals surface area contributed by atoms with Crippen LogP contribution in [0.4, 0.5) is 0 Å².